The zero-order chi connectivity index (χ0) is 9.84. The summed E-state index contributed by atoms with van der Waals surface area (Å²) >= 11 is 11.2. The normalized spacial score (nSPS) is 9.69. The molecule has 0 fully saturated rings. The summed E-state index contributed by atoms with van der Waals surface area (Å²) in [4.78, 5) is 9.85. The third-order valence-corrected chi connectivity index (χ3v) is 1.86. The van der Waals surface area contributed by atoms with Crippen molar-refractivity contribution >= 4 is 29.5 Å². The molecule has 0 amide bonds. The summed E-state index contributed by atoms with van der Waals surface area (Å²) in [6, 6.07) is 2.72. The molecule has 1 aromatic rings. The first kappa shape index (κ1) is 10.2. The molecule has 0 aliphatic heterocycles. The van der Waals surface area contributed by atoms with E-state index in [0.717, 1.165) is 0 Å². The van der Waals surface area contributed by atoms with Crippen LogP contribution in [0.4, 0.5) is 0 Å². The molecule has 0 heterocycles. The van der Waals surface area contributed by atoms with Crippen LogP contribution in [0.1, 0.15) is 0 Å². The summed E-state index contributed by atoms with van der Waals surface area (Å²) < 4.78 is 4.87. The Morgan fingerprint density at radius 2 is 1.92 bits per heavy atom. The number of ether oxygens (including phenoxy) is 1. The molecule has 1 N–H and O–H groups in total. The molecule has 0 aliphatic rings. The molecule has 1 rings (SSSR count). The highest BCUT2D eigenvalue weighted by Gasteiger charge is 2.06. The molecule has 1 radical (unpaired) electrons. The van der Waals surface area contributed by atoms with Gasteiger partial charge in [-0.05, 0) is 0 Å². The average Bonchev–Trinajstić information content (AvgIpc) is 2.10. The minimum atomic E-state index is -0.203. The van der Waals surface area contributed by atoms with Crippen molar-refractivity contribution in [2.75, 3.05) is 6.61 Å². The maximum absolute atomic E-state index is 9.85. The first-order valence-corrected chi connectivity index (χ1v) is 4.06. The van der Waals surface area contributed by atoms with E-state index in [1.165, 1.54) is 12.1 Å². The van der Waals surface area contributed by atoms with E-state index in [-0.39, 0.29) is 22.4 Å². The predicted octanol–water partition coefficient (Wildman–Crippen LogP) is 2.19. The lowest BCUT2D eigenvalue weighted by atomic mass is 10.3. The Labute approximate surface area is 84.8 Å². The van der Waals surface area contributed by atoms with Crippen LogP contribution in [0.3, 0.4) is 0 Å². The first-order valence-electron chi connectivity index (χ1n) is 3.31. The van der Waals surface area contributed by atoms with E-state index >= 15 is 0 Å². The van der Waals surface area contributed by atoms with Gasteiger partial charge in [-0.1, -0.05) is 23.2 Å². The van der Waals surface area contributed by atoms with Gasteiger partial charge in [0.1, 0.15) is 5.75 Å². The van der Waals surface area contributed by atoms with E-state index in [1.54, 1.807) is 6.29 Å². The summed E-state index contributed by atoms with van der Waals surface area (Å²) in [5.74, 6) is 0.113. The summed E-state index contributed by atoms with van der Waals surface area (Å²) in [5.41, 5.74) is 0. The fourth-order valence-electron chi connectivity index (χ4n) is 0.738. The lowest BCUT2D eigenvalue weighted by molar-refractivity contribution is 0.364. The van der Waals surface area contributed by atoms with Crippen molar-refractivity contribution in [3.8, 4) is 11.5 Å². The summed E-state index contributed by atoms with van der Waals surface area (Å²) in [7, 11) is 0. The maximum Gasteiger partial charge on any atom is 0.239 e. The quantitative estimate of drug-likeness (QED) is 0.848. The van der Waals surface area contributed by atoms with Gasteiger partial charge in [0.25, 0.3) is 0 Å². The minimum Gasteiger partial charge on any atom is -0.505 e. The Kier molecular flexibility index (Phi) is 3.39. The van der Waals surface area contributed by atoms with Crippen LogP contribution in [0, 0.1) is 0 Å². The maximum atomic E-state index is 9.85. The van der Waals surface area contributed by atoms with Gasteiger partial charge in [-0.15, -0.1) is 0 Å². The lowest BCUT2D eigenvalue weighted by Gasteiger charge is -2.04. The van der Waals surface area contributed by atoms with E-state index in [1.807, 2.05) is 0 Å². The highest BCUT2D eigenvalue weighted by molar-refractivity contribution is 6.37. The molecule has 1 aromatic carbocycles. The number of phenolic OH excluding ortho intramolecular Hbond substituents is 1. The third kappa shape index (κ3) is 2.50. The zero-order valence-electron chi connectivity index (χ0n) is 6.38. The minimum absolute atomic E-state index is 0.0772. The molecular weight excluding hydrogens is 215 g/mol. The fraction of sp³-hybridized carbons (Fsp3) is 0.125. The molecule has 0 aliphatic carbocycles. The number of hydrogen-bond acceptors (Lipinski definition) is 3. The molecule has 0 unspecified atom stereocenters. The molecule has 0 saturated heterocycles. The van der Waals surface area contributed by atoms with Crippen molar-refractivity contribution in [1.82, 2.24) is 0 Å². The number of hydrogen-bond donors (Lipinski definition) is 1. The zero-order valence-corrected chi connectivity index (χ0v) is 7.89. The van der Waals surface area contributed by atoms with Gasteiger partial charge in [-0.2, -0.15) is 0 Å². The Hall–Kier alpha value is -0.930. The molecule has 0 saturated carbocycles. The highest BCUT2D eigenvalue weighted by atomic mass is 35.5. The molecule has 13 heavy (non-hydrogen) atoms. The van der Waals surface area contributed by atoms with Gasteiger partial charge in [0, 0.05) is 12.1 Å². The summed E-state index contributed by atoms with van der Waals surface area (Å²) in [6.07, 6.45) is 1.55. The second kappa shape index (κ2) is 4.35. The second-order valence-electron chi connectivity index (χ2n) is 2.17. The topological polar surface area (TPSA) is 46.5 Å². The number of benzene rings is 1. The largest absolute Gasteiger partial charge is 0.505 e. The number of carbonyl (C=O) groups excluding carboxylic acids is 1. The van der Waals surface area contributed by atoms with Gasteiger partial charge in [-0.3, -0.25) is 4.79 Å². The van der Waals surface area contributed by atoms with E-state index in [0.29, 0.717) is 5.75 Å². The van der Waals surface area contributed by atoms with Crippen molar-refractivity contribution in [2.45, 2.75) is 0 Å². The van der Waals surface area contributed by atoms with Crippen molar-refractivity contribution in [3.63, 3.8) is 0 Å². The molecule has 0 atom stereocenters. The number of rotatable bonds is 3. The van der Waals surface area contributed by atoms with E-state index in [9.17, 15) is 4.79 Å². The van der Waals surface area contributed by atoms with Gasteiger partial charge in [0.2, 0.25) is 6.29 Å². The Morgan fingerprint density at radius 3 is 2.38 bits per heavy atom. The number of phenols is 1. The third-order valence-electron chi connectivity index (χ3n) is 1.29. The first-order chi connectivity index (χ1) is 6.15. The van der Waals surface area contributed by atoms with Gasteiger partial charge in [0.15, 0.2) is 12.4 Å². The predicted molar refractivity (Wildman–Crippen MR) is 49.3 cm³/mol. The van der Waals surface area contributed by atoms with Gasteiger partial charge < -0.3 is 9.84 Å². The smallest absolute Gasteiger partial charge is 0.239 e. The molecule has 0 bridgehead atoms. The van der Waals surface area contributed by atoms with Crippen LogP contribution in [0.15, 0.2) is 12.1 Å². The molecule has 5 heteroatoms. The van der Waals surface area contributed by atoms with Crippen LogP contribution in [0.25, 0.3) is 0 Å². The van der Waals surface area contributed by atoms with Crippen LogP contribution >= 0.6 is 23.2 Å². The highest BCUT2D eigenvalue weighted by Crippen LogP contribution is 2.35. The van der Waals surface area contributed by atoms with E-state index in [2.05, 4.69) is 0 Å². The van der Waals surface area contributed by atoms with Crippen molar-refractivity contribution in [3.05, 3.63) is 22.2 Å². The molecule has 3 nitrogen and oxygen atoms in total. The molecule has 0 aromatic heterocycles. The van der Waals surface area contributed by atoms with Crippen LogP contribution < -0.4 is 4.74 Å². The van der Waals surface area contributed by atoms with Crippen LogP contribution in [0.5, 0.6) is 11.5 Å². The summed E-state index contributed by atoms with van der Waals surface area (Å²) in [5, 5.41) is 9.31. The van der Waals surface area contributed by atoms with E-state index in [4.69, 9.17) is 33.0 Å². The van der Waals surface area contributed by atoms with Crippen molar-refractivity contribution in [1.29, 1.82) is 0 Å². The average molecular weight is 220 g/mol. The van der Waals surface area contributed by atoms with E-state index < -0.39 is 0 Å². The monoisotopic (exact) mass is 219 g/mol. The van der Waals surface area contributed by atoms with Gasteiger partial charge in [0.05, 0.1) is 10.0 Å². The number of halogens is 2. The SMILES string of the molecule is O=[C]COc1cc(Cl)c(O)c(Cl)c1. The van der Waals surface area contributed by atoms with Crippen molar-refractivity contribution < 1.29 is 14.6 Å². The Balaban J connectivity index is 2.92. The molecular formula is C8H5Cl2O3. The van der Waals surface area contributed by atoms with Gasteiger partial charge in [-0.25, -0.2) is 0 Å². The summed E-state index contributed by atoms with van der Waals surface area (Å²) in [6.45, 7) is -0.197. The molecule has 0 spiro atoms. The lowest BCUT2D eigenvalue weighted by Crippen LogP contribution is -1.97. The number of aromatic hydroxyl groups is 1. The fourth-order valence-corrected chi connectivity index (χ4v) is 1.21. The molecule has 69 valence electrons. The van der Waals surface area contributed by atoms with Crippen LogP contribution in [-0.2, 0) is 4.79 Å². The van der Waals surface area contributed by atoms with Crippen LogP contribution in [-0.4, -0.2) is 18.0 Å². The van der Waals surface area contributed by atoms with Crippen LogP contribution in [0.2, 0.25) is 10.0 Å². The Bertz CT molecular complexity index is 302. The van der Waals surface area contributed by atoms with Crippen molar-refractivity contribution in [2.24, 2.45) is 0 Å². The van der Waals surface area contributed by atoms with Gasteiger partial charge >= 0.3 is 0 Å². The standard InChI is InChI=1S/C8H5Cl2O3/c9-6-3-5(13-2-1-11)4-7(10)8(6)12/h3-4,12H,2H2. The second-order valence-corrected chi connectivity index (χ2v) is 2.98. The Morgan fingerprint density at radius 1 is 1.38 bits per heavy atom.